The molecule has 1 aliphatic rings. The number of allylic oxidation sites excluding steroid dienone is 3. The van der Waals surface area contributed by atoms with Crippen molar-refractivity contribution in [2.24, 2.45) is 0 Å². The van der Waals surface area contributed by atoms with Crippen LogP contribution in [0.3, 0.4) is 0 Å². The maximum absolute atomic E-state index is 2.54. The molecule has 1 aliphatic heterocycles. The second kappa shape index (κ2) is 7.77. The van der Waals surface area contributed by atoms with Gasteiger partial charge in [-0.05, 0) is 0 Å². The van der Waals surface area contributed by atoms with Crippen molar-refractivity contribution in [3.63, 3.8) is 0 Å². The van der Waals surface area contributed by atoms with Crippen LogP contribution in [0.5, 0.6) is 0 Å². The first kappa shape index (κ1) is 15.5. The van der Waals surface area contributed by atoms with Crippen molar-refractivity contribution < 1.29 is 21.2 Å². The van der Waals surface area contributed by atoms with Crippen LogP contribution in [0, 0.1) is 0 Å². The van der Waals surface area contributed by atoms with Gasteiger partial charge in [0.25, 0.3) is 0 Å². The summed E-state index contributed by atoms with van der Waals surface area (Å²) >= 11 is 0.219. The molecule has 0 amide bonds. The molecule has 3 rings (SSSR count). The molecule has 0 radical (unpaired) electrons. The number of rotatable bonds is 5. The summed E-state index contributed by atoms with van der Waals surface area (Å²) in [6.07, 6.45) is 5.90. The van der Waals surface area contributed by atoms with E-state index in [0.717, 1.165) is 0 Å². The van der Waals surface area contributed by atoms with Crippen LogP contribution in [-0.2, 0) is 0 Å². The second-order valence-electron chi connectivity index (χ2n) is 5.83. The van der Waals surface area contributed by atoms with Gasteiger partial charge in [-0.25, -0.2) is 0 Å². The zero-order chi connectivity index (χ0) is 15.2. The first-order valence-electron chi connectivity index (χ1n) is 7.89. The fourth-order valence-electron chi connectivity index (χ4n) is 3.02. The number of hydrogen-bond donors (Lipinski definition) is 0. The SMILES string of the molecule is CC(CC(C1=C[I-]CC=C1)c1ccccc1)c1ccccc1. The zero-order valence-electron chi connectivity index (χ0n) is 13.0. The van der Waals surface area contributed by atoms with E-state index in [1.807, 2.05) is 0 Å². The molecule has 0 bridgehead atoms. The van der Waals surface area contributed by atoms with E-state index in [9.17, 15) is 0 Å². The van der Waals surface area contributed by atoms with Crippen molar-refractivity contribution in [2.45, 2.75) is 25.2 Å². The molecule has 1 heterocycles. The van der Waals surface area contributed by atoms with Crippen molar-refractivity contribution in [3.05, 3.63) is 93.6 Å². The number of halogens is 1. The van der Waals surface area contributed by atoms with Crippen LogP contribution >= 0.6 is 0 Å². The summed E-state index contributed by atoms with van der Waals surface area (Å²) in [5.74, 6) is 1.09. The molecular weight excluding hydrogens is 379 g/mol. The van der Waals surface area contributed by atoms with Crippen LogP contribution in [0.4, 0.5) is 0 Å². The number of hydrogen-bond acceptors (Lipinski definition) is 0. The second-order valence-corrected chi connectivity index (χ2v) is 8.22. The molecule has 0 saturated heterocycles. The van der Waals surface area contributed by atoms with E-state index in [0.29, 0.717) is 11.8 Å². The zero-order valence-corrected chi connectivity index (χ0v) is 15.1. The van der Waals surface area contributed by atoms with Gasteiger partial charge in [0.1, 0.15) is 0 Å². The Morgan fingerprint density at radius 2 is 1.55 bits per heavy atom. The van der Waals surface area contributed by atoms with Crippen LogP contribution in [0.2, 0.25) is 0 Å². The molecule has 0 fully saturated rings. The van der Waals surface area contributed by atoms with Gasteiger partial charge in [0, 0.05) is 0 Å². The Bertz CT molecular complexity index is 640. The third-order valence-electron chi connectivity index (χ3n) is 4.25. The van der Waals surface area contributed by atoms with Crippen molar-refractivity contribution in [2.75, 3.05) is 4.43 Å². The van der Waals surface area contributed by atoms with Crippen molar-refractivity contribution in [1.29, 1.82) is 0 Å². The van der Waals surface area contributed by atoms with Gasteiger partial charge >= 0.3 is 144 Å². The molecular formula is C21H22I-. The topological polar surface area (TPSA) is 0 Å². The van der Waals surface area contributed by atoms with Crippen molar-refractivity contribution >= 4 is 0 Å². The van der Waals surface area contributed by atoms with E-state index in [2.05, 4.69) is 83.8 Å². The molecule has 114 valence electrons. The third kappa shape index (κ3) is 3.89. The maximum atomic E-state index is 2.54. The summed E-state index contributed by atoms with van der Waals surface area (Å²) in [6, 6.07) is 21.9. The van der Waals surface area contributed by atoms with E-state index in [1.165, 1.54) is 27.5 Å². The molecule has 2 unspecified atom stereocenters. The summed E-state index contributed by atoms with van der Waals surface area (Å²) in [7, 11) is 0. The van der Waals surface area contributed by atoms with E-state index in [-0.39, 0.29) is 21.2 Å². The summed E-state index contributed by atoms with van der Waals surface area (Å²) in [5.41, 5.74) is 4.43. The molecule has 0 spiro atoms. The number of benzene rings is 2. The Morgan fingerprint density at radius 3 is 2.14 bits per heavy atom. The molecule has 0 nitrogen and oxygen atoms in total. The number of alkyl halides is 1. The first-order valence-corrected chi connectivity index (χ1v) is 10.7. The fraction of sp³-hybridized carbons (Fsp3) is 0.238. The molecule has 0 aromatic heterocycles. The van der Waals surface area contributed by atoms with Gasteiger partial charge in [0.05, 0.1) is 0 Å². The van der Waals surface area contributed by atoms with Crippen molar-refractivity contribution in [1.82, 2.24) is 0 Å². The van der Waals surface area contributed by atoms with Gasteiger partial charge in [0.15, 0.2) is 0 Å². The molecule has 0 aliphatic carbocycles. The van der Waals surface area contributed by atoms with Crippen LogP contribution < -0.4 is 21.2 Å². The first-order chi connectivity index (χ1) is 10.8. The molecule has 2 aromatic rings. The van der Waals surface area contributed by atoms with Gasteiger partial charge in [-0.15, -0.1) is 0 Å². The summed E-state index contributed by atoms with van der Waals surface area (Å²) in [4.78, 5) is 0. The average molecular weight is 401 g/mol. The predicted octanol–water partition coefficient (Wildman–Crippen LogP) is 2.51. The van der Waals surface area contributed by atoms with Crippen LogP contribution in [0.25, 0.3) is 0 Å². The molecule has 1 heteroatoms. The summed E-state index contributed by atoms with van der Waals surface area (Å²) in [6.45, 7) is 2.35. The minimum atomic E-state index is 0.219. The van der Waals surface area contributed by atoms with Gasteiger partial charge in [-0.1, -0.05) is 0 Å². The Balaban J connectivity index is 1.86. The normalized spacial score (nSPS) is 17.2. The standard InChI is InChI=1S/C21H22I/c1-17(18-9-4-2-5-10-18)15-21(19-11-6-3-7-12-19)20-13-8-14-22-16-20/h2-13,16-17,21H,14-15H2,1H3/q-1. The fourth-order valence-corrected chi connectivity index (χ4v) is 4.97. The van der Waals surface area contributed by atoms with E-state index in [4.69, 9.17) is 0 Å². The van der Waals surface area contributed by atoms with Gasteiger partial charge in [-0.3, -0.25) is 0 Å². The monoisotopic (exact) mass is 401 g/mol. The van der Waals surface area contributed by atoms with Crippen molar-refractivity contribution in [3.8, 4) is 0 Å². The van der Waals surface area contributed by atoms with E-state index < -0.39 is 0 Å². The van der Waals surface area contributed by atoms with E-state index >= 15 is 0 Å². The summed E-state index contributed by atoms with van der Waals surface area (Å²) in [5, 5.41) is 0. The Hall–Kier alpha value is -1.35. The van der Waals surface area contributed by atoms with Crippen LogP contribution in [-0.4, -0.2) is 4.43 Å². The molecule has 22 heavy (non-hydrogen) atoms. The van der Waals surface area contributed by atoms with Gasteiger partial charge in [0.2, 0.25) is 0 Å². The predicted molar refractivity (Wildman–Crippen MR) is 90.7 cm³/mol. The third-order valence-corrected chi connectivity index (χ3v) is 6.43. The molecule has 0 N–H and O–H groups in total. The molecule has 0 saturated carbocycles. The molecule has 2 aromatic carbocycles. The Labute approximate surface area is 144 Å². The minimum absolute atomic E-state index is 0.219. The van der Waals surface area contributed by atoms with Gasteiger partial charge in [-0.2, -0.15) is 0 Å². The van der Waals surface area contributed by atoms with Crippen LogP contribution in [0.15, 0.2) is 82.5 Å². The Kier molecular flexibility index (Phi) is 5.49. The van der Waals surface area contributed by atoms with E-state index in [1.54, 1.807) is 0 Å². The quantitative estimate of drug-likeness (QED) is 0.534. The van der Waals surface area contributed by atoms with Crippen LogP contribution in [0.1, 0.15) is 36.3 Å². The average Bonchev–Trinajstić information content (AvgIpc) is 2.62. The summed E-state index contributed by atoms with van der Waals surface area (Å²) < 4.78 is 3.83. The van der Waals surface area contributed by atoms with Gasteiger partial charge < -0.3 is 0 Å². The Morgan fingerprint density at radius 1 is 0.909 bits per heavy atom. The molecule has 2 atom stereocenters.